The Morgan fingerprint density at radius 1 is 0.963 bits per heavy atom. The predicted molar refractivity (Wildman–Crippen MR) is 107 cm³/mol. The van der Waals surface area contributed by atoms with Gasteiger partial charge < -0.3 is 4.90 Å². The minimum absolute atomic E-state index is 0.0564. The number of fused-ring (bicyclic) bond motifs is 1. The van der Waals surface area contributed by atoms with Gasteiger partial charge in [0, 0.05) is 18.0 Å². The summed E-state index contributed by atoms with van der Waals surface area (Å²) in [5, 5.41) is 9.16. The summed E-state index contributed by atoms with van der Waals surface area (Å²) in [7, 11) is 0. The molecule has 1 aliphatic rings. The van der Waals surface area contributed by atoms with Crippen LogP contribution in [0.3, 0.4) is 0 Å². The van der Waals surface area contributed by atoms with Crippen molar-refractivity contribution in [1.29, 1.82) is 5.26 Å². The zero-order valence-electron chi connectivity index (χ0n) is 14.7. The normalized spacial score (nSPS) is 16.3. The summed E-state index contributed by atoms with van der Waals surface area (Å²) in [6, 6.07) is 27.8. The molecule has 3 aromatic carbocycles. The van der Waals surface area contributed by atoms with Gasteiger partial charge in [0.1, 0.15) is 0 Å². The molecule has 3 nitrogen and oxygen atoms in total. The quantitative estimate of drug-likeness (QED) is 0.648. The average molecular weight is 370 g/mol. The molecule has 4 rings (SSSR count). The van der Waals surface area contributed by atoms with E-state index in [1.807, 2.05) is 59.5 Å². The first-order valence-corrected chi connectivity index (χ1v) is 9.71. The van der Waals surface area contributed by atoms with Crippen molar-refractivity contribution in [2.45, 2.75) is 16.7 Å². The van der Waals surface area contributed by atoms with Crippen LogP contribution < -0.4 is 0 Å². The minimum atomic E-state index is 0.0564. The van der Waals surface area contributed by atoms with Gasteiger partial charge in [-0.1, -0.05) is 54.6 Å². The van der Waals surface area contributed by atoms with E-state index in [-0.39, 0.29) is 11.2 Å². The molecule has 0 saturated heterocycles. The third-order valence-corrected chi connectivity index (χ3v) is 6.00. The molecule has 4 heteroatoms. The van der Waals surface area contributed by atoms with Crippen LogP contribution in [-0.2, 0) is 6.54 Å². The second kappa shape index (κ2) is 7.69. The fraction of sp³-hybridized carbons (Fsp3) is 0.130. The van der Waals surface area contributed by atoms with Gasteiger partial charge in [0.05, 0.1) is 22.4 Å². The summed E-state index contributed by atoms with van der Waals surface area (Å²) < 4.78 is 0. The molecule has 132 valence electrons. The van der Waals surface area contributed by atoms with Crippen molar-refractivity contribution >= 4 is 17.7 Å². The average Bonchev–Trinajstić information content (AvgIpc) is 2.86. The number of amides is 1. The van der Waals surface area contributed by atoms with Crippen LogP contribution in [0, 0.1) is 11.3 Å². The van der Waals surface area contributed by atoms with E-state index in [1.54, 1.807) is 23.9 Å². The molecule has 27 heavy (non-hydrogen) atoms. The summed E-state index contributed by atoms with van der Waals surface area (Å²) in [6.45, 7) is 1.17. The number of rotatable bonds is 3. The largest absolute Gasteiger partial charge is 0.333 e. The van der Waals surface area contributed by atoms with Gasteiger partial charge in [-0.05, 0) is 35.4 Å². The molecule has 0 fully saturated rings. The summed E-state index contributed by atoms with van der Waals surface area (Å²) in [5.74, 6) is 0.0564. The van der Waals surface area contributed by atoms with Crippen molar-refractivity contribution in [1.82, 2.24) is 4.90 Å². The summed E-state index contributed by atoms with van der Waals surface area (Å²) >= 11 is 1.75. The number of hydrogen-bond donors (Lipinski definition) is 0. The van der Waals surface area contributed by atoms with Gasteiger partial charge in [-0.3, -0.25) is 4.79 Å². The monoisotopic (exact) mass is 370 g/mol. The summed E-state index contributed by atoms with van der Waals surface area (Å²) in [6.07, 6.45) is 0. The number of carbonyl (C=O) groups is 1. The predicted octanol–water partition coefficient (Wildman–Crippen LogP) is 5.05. The van der Waals surface area contributed by atoms with Crippen LogP contribution in [0.5, 0.6) is 0 Å². The molecule has 0 aromatic heterocycles. The first-order chi connectivity index (χ1) is 13.2. The highest BCUT2D eigenvalue weighted by Crippen LogP contribution is 2.40. The van der Waals surface area contributed by atoms with E-state index in [0.29, 0.717) is 18.7 Å². The van der Waals surface area contributed by atoms with E-state index in [1.165, 1.54) is 5.56 Å². The highest BCUT2D eigenvalue weighted by molar-refractivity contribution is 7.99. The zero-order valence-corrected chi connectivity index (χ0v) is 15.5. The van der Waals surface area contributed by atoms with Gasteiger partial charge in [0.25, 0.3) is 5.91 Å². The van der Waals surface area contributed by atoms with Gasteiger partial charge in [-0.2, -0.15) is 5.26 Å². The van der Waals surface area contributed by atoms with Gasteiger partial charge in [0.15, 0.2) is 0 Å². The molecule has 3 aromatic rings. The molecule has 0 saturated carbocycles. The van der Waals surface area contributed by atoms with Crippen molar-refractivity contribution < 1.29 is 4.79 Å². The second-order valence-electron chi connectivity index (χ2n) is 6.51. The van der Waals surface area contributed by atoms with Gasteiger partial charge in [-0.15, -0.1) is 11.8 Å². The first-order valence-electron chi connectivity index (χ1n) is 8.83. The lowest BCUT2D eigenvalue weighted by Crippen LogP contribution is -2.32. The summed E-state index contributed by atoms with van der Waals surface area (Å²) in [4.78, 5) is 16.1. The Kier molecular flexibility index (Phi) is 4.95. The molecule has 1 aliphatic heterocycles. The molecule has 0 N–H and O–H groups in total. The van der Waals surface area contributed by atoms with Crippen LogP contribution in [0.2, 0.25) is 0 Å². The Labute approximate surface area is 163 Å². The smallest absolute Gasteiger partial charge is 0.255 e. The van der Waals surface area contributed by atoms with Gasteiger partial charge >= 0.3 is 0 Å². The molecule has 1 amide bonds. The highest BCUT2D eigenvalue weighted by atomic mass is 32.2. The summed E-state index contributed by atoms with van der Waals surface area (Å²) in [5.41, 5.74) is 3.63. The van der Waals surface area contributed by atoms with E-state index in [9.17, 15) is 4.79 Å². The Bertz CT molecular complexity index is 993. The zero-order chi connectivity index (χ0) is 18.6. The third-order valence-electron chi connectivity index (χ3n) is 4.69. The van der Waals surface area contributed by atoms with Gasteiger partial charge in [-0.25, -0.2) is 0 Å². The molecule has 0 aliphatic carbocycles. The van der Waals surface area contributed by atoms with Crippen molar-refractivity contribution in [2.24, 2.45) is 0 Å². The van der Waals surface area contributed by atoms with Crippen LogP contribution in [0.4, 0.5) is 0 Å². The second-order valence-corrected chi connectivity index (χ2v) is 7.75. The Morgan fingerprint density at radius 3 is 2.41 bits per heavy atom. The number of hydrogen-bond acceptors (Lipinski definition) is 3. The Balaban J connectivity index is 1.68. The van der Waals surface area contributed by atoms with E-state index in [0.717, 1.165) is 16.0 Å². The topological polar surface area (TPSA) is 44.1 Å². The molecule has 0 radical (unpaired) electrons. The maximum absolute atomic E-state index is 13.2. The Morgan fingerprint density at radius 2 is 1.67 bits per heavy atom. The van der Waals surface area contributed by atoms with Crippen molar-refractivity contribution in [2.75, 3.05) is 6.54 Å². The van der Waals surface area contributed by atoms with E-state index >= 15 is 0 Å². The van der Waals surface area contributed by atoms with Crippen LogP contribution in [-0.4, -0.2) is 17.4 Å². The fourth-order valence-electron chi connectivity index (χ4n) is 3.27. The lowest BCUT2D eigenvalue weighted by Gasteiger charge is -2.24. The number of thioether (sulfide) groups is 1. The van der Waals surface area contributed by atoms with Crippen molar-refractivity contribution in [3.8, 4) is 6.07 Å². The fourth-order valence-corrected chi connectivity index (χ4v) is 4.57. The number of benzene rings is 3. The van der Waals surface area contributed by atoms with E-state index in [2.05, 4.69) is 18.2 Å². The lowest BCUT2D eigenvalue weighted by molar-refractivity contribution is 0.0743. The van der Waals surface area contributed by atoms with Crippen molar-refractivity contribution in [3.05, 3.63) is 101 Å². The Hall–Kier alpha value is -3.03. The molecular formula is C23H18N2OS. The maximum Gasteiger partial charge on any atom is 0.255 e. The maximum atomic E-state index is 13.2. The van der Waals surface area contributed by atoms with Crippen LogP contribution in [0.15, 0.2) is 83.8 Å². The molecular weight excluding hydrogens is 352 g/mol. The van der Waals surface area contributed by atoms with Crippen LogP contribution in [0.1, 0.15) is 32.3 Å². The number of nitrogens with zero attached hydrogens (tertiary/aromatic N) is 2. The number of carbonyl (C=O) groups excluding carboxylic acids is 1. The molecule has 1 atom stereocenters. The molecule has 1 heterocycles. The molecule has 0 bridgehead atoms. The highest BCUT2D eigenvalue weighted by Gasteiger charge is 2.29. The van der Waals surface area contributed by atoms with E-state index in [4.69, 9.17) is 5.26 Å². The van der Waals surface area contributed by atoms with E-state index < -0.39 is 0 Å². The van der Waals surface area contributed by atoms with Gasteiger partial charge in [0.2, 0.25) is 0 Å². The van der Waals surface area contributed by atoms with Crippen molar-refractivity contribution in [3.63, 3.8) is 0 Å². The van der Waals surface area contributed by atoms with Crippen LogP contribution in [0.25, 0.3) is 0 Å². The van der Waals surface area contributed by atoms with Crippen LogP contribution >= 0.6 is 11.8 Å². The molecule has 1 unspecified atom stereocenters. The SMILES string of the molecule is N#Cc1ccc(CN2CC(c3ccccc3)Sc3ccccc3C2=O)cc1. The number of nitriles is 1. The third kappa shape index (κ3) is 3.74. The first kappa shape index (κ1) is 17.4. The standard InChI is InChI=1S/C23H18N2OS/c24-14-17-10-12-18(13-11-17)15-25-16-22(19-6-2-1-3-7-19)27-21-9-5-4-8-20(21)23(25)26/h1-13,22H,15-16H2. The molecule has 0 spiro atoms. The lowest BCUT2D eigenvalue weighted by atomic mass is 10.1. The minimum Gasteiger partial charge on any atom is -0.333 e.